The van der Waals surface area contributed by atoms with E-state index in [0.29, 0.717) is 32.5 Å². The Balaban J connectivity index is 1.74. The zero-order valence-electron chi connectivity index (χ0n) is 14.2. The number of hydrogen-bond acceptors (Lipinski definition) is 5. The average Bonchev–Trinajstić information content (AvgIpc) is 3.05. The molecule has 134 valence electrons. The number of hydrogen-bond donors (Lipinski definition) is 1. The Morgan fingerprint density at radius 1 is 1.22 bits per heavy atom. The first-order valence-electron chi connectivity index (χ1n) is 8.47. The van der Waals surface area contributed by atoms with Gasteiger partial charge in [0.25, 0.3) is 10.2 Å². The molecule has 0 unspecified atom stereocenters. The Kier molecular flexibility index (Phi) is 6.82. The maximum absolute atomic E-state index is 12.4. The summed E-state index contributed by atoms with van der Waals surface area (Å²) in [6.45, 7) is 6.45. The van der Waals surface area contributed by atoms with Crippen molar-refractivity contribution in [3.05, 3.63) is 0 Å². The van der Waals surface area contributed by atoms with Gasteiger partial charge in [0, 0.05) is 26.2 Å². The molecule has 1 N–H and O–H groups in total. The van der Waals surface area contributed by atoms with Crippen molar-refractivity contribution in [2.45, 2.75) is 32.6 Å². The van der Waals surface area contributed by atoms with Crippen LogP contribution in [-0.2, 0) is 19.7 Å². The van der Waals surface area contributed by atoms with Crippen LogP contribution >= 0.6 is 0 Å². The van der Waals surface area contributed by atoms with Crippen molar-refractivity contribution < 1.29 is 17.9 Å². The average molecular weight is 347 g/mol. The van der Waals surface area contributed by atoms with E-state index < -0.39 is 10.2 Å². The molecule has 0 bridgehead atoms. The van der Waals surface area contributed by atoms with Crippen molar-refractivity contribution in [1.29, 1.82) is 0 Å². The van der Waals surface area contributed by atoms with E-state index >= 15 is 0 Å². The Labute approximate surface area is 139 Å². The van der Waals surface area contributed by atoms with E-state index in [1.54, 1.807) is 0 Å². The molecular weight excluding hydrogens is 318 g/mol. The fourth-order valence-corrected chi connectivity index (χ4v) is 4.68. The van der Waals surface area contributed by atoms with E-state index in [1.807, 2.05) is 0 Å². The molecule has 1 atom stereocenters. The van der Waals surface area contributed by atoms with Crippen LogP contribution in [0.5, 0.6) is 0 Å². The summed E-state index contributed by atoms with van der Waals surface area (Å²) in [6.07, 6.45) is 3.54. The standard InChI is InChI=1S/C15H29N3O4S/c1-13(12-17-7-3-4-8-17)11-16-23(20,21)18-9-5-14(6-10-18)15(19)22-2/h13-14,16H,3-12H2,1-2H3/t13-/m1/s1. The fourth-order valence-electron chi connectivity index (χ4n) is 3.31. The third-order valence-corrected chi connectivity index (χ3v) is 6.29. The normalized spacial score (nSPS) is 23.0. The molecule has 2 rings (SSSR count). The predicted octanol–water partition coefficient (Wildman–Crippen LogP) is 0.438. The van der Waals surface area contributed by atoms with Gasteiger partial charge in [-0.1, -0.05) is 6.92 Å². The lowest BCUT2D eigenvalue weighted by molar-refractivity contribution is -0.146. The summed E-state index contributed by atoms with van der Waals surface area (Å²) < 4.78 is 33.6. The molecule has 0 aromatic heterocycles. The molecule has 0 aliphatic carbocycles. The van der Waals surface area contributed by atoms with E-state index in [1.165, 1.54) is 24.3 Å². The monoisotopic (exact) mass is 347 g/mol. The molecule has 0 radical (unpaired) electrons. The van der Waals surface area contributed by atoms with Gasteiger partial charge in [-0.15, -0.1) is 0 Å². The number of nitrogens with zero attached hydrogens (tertiary/aromatic N) is 2. The van der Waals surface area contributed by atoms with E-state index in [-0.39, 0.29) is 17.8 Å². The first-order chi connectivity index (χ1) is 10.9. The van der Waals surface area contributed by atoms with Gasteiger partial charge in [0.15, 0.2) is 0 Å². The van der Waals surface area contributed by atoms with Crippen LogP contribution in [0.25, 0.3) is 0 Å². The Morgan fingerprint density at radius 2 is 1.83 bits per heavy atom. The van der Waals surface area contributed by atoms with Crippen molar-refractivity contribution in [1.82, 2.24) is 13.9 Å². The quantitative estimate of drug-likeness (QED) is 0.676. The number of carbonyl (C=O) groups is 1. The molecule has 0 aromatic rings. The lowest BCUT2D eigenvalue weighted by Gasteiger charge is -2.30. The second-order valence-corrected chi connectivity index (χ2v) is 8.42. The molecular formula is C15H29N3O4S. The second-order valence-electron chi connectivity index (χ2n) is 6.66. The lowest BCUT2D eigenvalue weighted by atomic mass is 9.99. The third kappa shape index (κ3) is 5.41. The summed E-state index contributed by atoms with van der Waals surface area (Å²) in [7, 11) is -2.09. The summed E-state index contributed by atoms with van der Waals surface area (Å²) in [5.74, 6) is -0.134. The summed E-state index contributed by atoms with van der Waals surface area (Å²) in [5.41, 5.74) is 0. The van der Waals surface area contributed by atoms with Crippen LogP contribution < -0.4 is 4.72 Å². The largest absolute Gasteiger partial charge is 0.469 e. The van der Waals surface area contributed by atoms with Gasteiger partial charge < -0.3 is 9.64 Å². The zero-order chi connectivity index (χ0) is 16.9. The van der Waals surface area contributed by atoms with E-state index in [4.69, 9.17) is 4.74 Å². The molecule has 0 amide bonds. The van der Waals surface area contributed by atoms with Gasteiger partial charge in [-0.05, 0) is 44.7 Å². The number of methoxy groups -OCH3 is 1. The van der Waals surface area contributed by atoms with Gasteiger partial charge in [-0.3, -0.25) is 4.79 Å². The van der Waals surface area contributed by atoms with Crippen molar-refractivity contribution in [2.24, 2.45) is 11.8 Å². The molecule has 0 saturated carbocycles. The van der Waals surface area contributed by atoms with Crippen LogP contribution in [-0.4, -0.2) is 70.0 Å². The minimum atomic E-state index is -3.46. The maximum Gasteiger partial charge on any atom is 0.308 e. The highest BCUT2D eigenvalue weighted by atomic mass is 32.2. The van der Waals surface area contributed by atoms with Crippen LogP contribution in [0.3, 0.4) is 0 Å². The highest BCUT2D eigenvalue weighted by Gasteiger charge is 2.31. The zero-order valence-corrected chi connectivity index (χ0v) is 15.0. The van der Waals surface area contributed by atoms with E-state index in [9.17, 15) is 13.2 Å². The number of piperidine rings is 1. The molecule has 23 heavy (non-hydrogen) atoms. The Hall–Kier alpha value is -0.700. The minimum absolute atomic E-state index is 0.180. The second kappa shape index (κ2) is 8.41. The van der Waals surface area contributed by atoms with Crippen molar-refractivity contribution in [3.8, 4) is 0 Å². The summed E-state index contributed by atoms with van der Waals surface area (Å²) >= 11 is 0. The van der Waals surface area contributed by atoms with Crippen molar-refractivity contribution in [3.63, 3.8) is 0 Å². The Bertz CT molecular complexity index is 483. The number of nitrogens with one attached hydrogen (secondary N) is 1. The smallest absolute Gasteiger partial charge is 0.308 e. The first-order valence-corrected chi connectivity index (χ1v) is 9.91. The fraction of sp³-hybridized carbons (Fsp3) is 0.933. The molecule has 2 aliphatic heterocycles. The first kappa shape index (κ1) is 18.6. The number of ether oxygens (including phenoxy) is 1. The van der Waals surface area contributed by atoms with E-state index in [0.717, 1.165) is 19.6 Å². The molecule has 2 heterocycles. The summed E-state index contributed by atoms with van der Waals surface area (Å²) in [5, 5.41) is 0. The van der Waals surface area contributed by atoms with Crippen LogP contribution in [0.1, 0.15) is 32.6 Å². The van der Waals surface area contributed by atoms with E-state index in [2.05, 4.69) is 16.5 Å². The molecule has 7 nitrogen and oxygen atoms in total. The molecule has 2 aliphatic rings. The SMILES string of the molecule is COC(=O)C1CCN(S(=O)(=O)NC[C@@H](C)CN2CCCC2)CC1. The highest BCUT2D eigenvalue weighted by molar-refractivity contribution is 7.87. The number of esters is 1. The van der Waals surface area contributed by atoms with Gasteiger partial charge in [0.2, 0.25) is 0 Å². The maximum atomic E-state index is 12.4. The summed E-state index contributed by atoms with van der Waals surface area (Å²) in [4.78, 5) is 13.9. The molecule has 8 heteroatoms. The van der Waals surface area contributed by atoms with Crippen LogP contribution in [0.2, 0.25) is 0 Å². The molecule has 2 fully saturated rings. The van der Waals surface area contributed by atoms with Crippen molar-refractivity contribution >= 4 is 16.2 Å². The van der Waals surface area contributed by atoms with Gasteiger partial charge >= 0.3 is 5.97 Å². The van der Waals surface area contributed by atoms with Crippen molar-refractivity contribution in [2.75, 3.05) is 46.4 Å². The van der Waals surface area contributed by atoms with Crippen LogP contribution in [0, 0.1) is 11.8 Å². The minimum Gasteiger partial charge on any atom is -0.469 e. The third-order valence-electron chi connectivity index (χ3n) is 4.71. The Morgan fingerprint density at radius 3 is 2.39 bits per heavy atom. The number of carbonyl (C=O) groups excluding carboxylic acids is 1. The van der Waals surface area contributed by atoms with Gasteiger partial charge in [-0.25, -0.2) is 4.72 Å². The number of rotatable bonds is 7. The highest BCUT2D eigenvalue weighted by Crippen LogP contribution is 2.20. The van der Waals surface area contributed by atoms with Gasteiger partial charge in [-0.2, -0.15) is 12.7 Å². The van der Waals surface area contributed by atoms with Gasteiger partial charge in [0.05, 0.1) is 13.0 Å². The van der Waals surface area contributed by atoms with Crippen LogP contribution in [0.4, 0.5) is 0 Å². The van der Waals surface area contributed by atoms with Crippen LogP contribution in [0.15, 0.2) is 0 Å². The lowest BCUT2D eigenvalue weighted by Crippen LogP contribution is -2.47. The topological polar surface area (TPSA) is 78.9 Å². The predicted molar refractivity (Wildman–Crippen MR) is 88.1 cm³/mol. The summed E-state index contributed by atoms with van der Waals surface area (Å²) in [6, 6.07) is 0. The number of likely N-dealkylation sites (tertiary alicyclic amines) is 1. The molecule has 0 spiro atoms. The molecule has 0 aromatic carbocycles. The van der Waals surface area contributed by atoms with Gasteiger partial charge in [0.1, 0.15) is 0 Å². The molecule has 2 saturated heterocycles.